The zero-order valence-corrected chi connectivity index (χ0v) is 9.84. The monoisotopic (exact) mass is 221 g/mol. The van der Waals surface area contributed by atoms with Crippen LogP contribution >= 0.6 is 0 Å². The van der Waals surface area contributed by atoms with Gasteiger partial charge in [0.05, 0.1) is 0 Å². The molecule has 4 nitrogen and oxygen atoms in total. The van der Waals surface area contributed by atoms with Crippen LogP contribution in [0, 0.1) is 6.92 Å². The molecular formula is C12H19N3O. The van der Waals surface area contributed by atoms with Crippen LogP contribution in [-0.4, -0.2) is 12.6 Å². The number of hydrogen-bond donors (Lipinski definition) is 3. The number of amides is 2. The summed E-state index contributed by atoms with van der Waals surface area (Å²) in [6.45, 7) is 5.10. The molecule has 0 heterocycles. The number of benzene rings is 1. The Balaban J connectivity index is 2.73. The van der Waals surface area contributed by atoms with Gasteiger partial charge in [0.15, 0.2) is 0 Å². The summed E-state index contributed by atoms with van der Waals surface area (Å²) in [6, 6.07) is 5.57. The van der Waals surface area contributed by atoms with Gasteiger partial charge in [0.25, 0.3) is 0 Å². The molecule has 4 heteroatoms. The van der Waals surface area contributed by atoms with Crippen LogP contribution in [0.1, 0.15) is 24.5 Å². The van der Waals surface area contributed by atoms with Crippen molar-refractivity contribution in [2.45, 2.75) is 26.8 Å². The van der Waals surface area contributed by atoms with E-state index in [1.54, 1.807) is 0 Å². The largest absolute Gasteiger partial charge is 0.338 e. The second kappa shape index (κ2) is 6.12. The van der Waals surface area contributed by atoms with Gasteiger partial charge in [-0.3, -0.25) is 0 Å². The van der Waals surface area contributed by atoms with Crippen molar-refractivity contribution in [3.63, 3.8) is 0 Å². The molecule has 0 saturated carbocycles. The molecular weight excluding hydrogens is 202 g/mol. The number of anilines is 1. The van der Waals surface area contributed by atoms with E-state index in [4.69, 9.17) is 5.73 Å². The van der Waals surface area contributed by atoms with E-state index < -0.39 is 0 Å². The second-order valence-corrected chi connectivity index (χ2v) is 3.69. The Morgan fingerprint density at radius 1 is 1.44 bits per heavy atom. The van der Waals surface area contributed by atoms with Gasteiger partial charge in [-0.1, -0.05) is 19.1 Å². The molecule has 0 fully saturated rings. The number of carbonyl (C=O) groups excluding carboxylic acids is 1. The number of nitrogens with two attached hydrogens (primary N) is 1. The van der Waals surface area contributed by atoms with E-state index in [2.05, 4.69) is 10.6 Å². The number of carbonyl (C=O) groups is 1. The highest BCUT2D eigenvalue weighted by molar-refractivity contribution is 5.90. The van der Waals surface area contributed by atoms with Gasteiger partial charge in [0.1, 0.15) is 0 Å². The summed E-state index contributed by atoms with van der Waals surface area (Å²) in [5.41, 5.74) is 8.52. The molecule has 0 bridgehead atoms. The Hall–Kier alpha value is -1.55. The highest BCUT2D eigenvalue weighted by Gasteiger charge is 2.06. The van der Waals surface area contributed by atoms with Crippen LogP contribution in [0.3, 0.4) is 0 Å². The predicted molar refractivity (Wildman–Crippen MR) is 66.4 cm³/mol. The average molecular weight is 221 g/mol. The molecule has 16 heavy (non-hydrogen) atoms. The Morgan fingerprint density at radius 2 is 2.19 bits per heavy atom. The Labute approximate surface area is 96.2 Å². The Bertz CT molecular complexity index is 363. The fraction of sp³-hybridized carbons (Fsp3) is 0.417. The highest BCUT2D eigenvalue weighted by atomic mass is 16.2. The van der Waals surface area contributed by atoms with Crippen molar-refractivity contribution in [2.75, 3.05) is 11.9 Å². The molecule has 2 amide bonds. The van der Waals surface area contributed by atoms with Gasteiger partial charge in [0.2, 0.25) is 0 Å². The van der Waals surface area contributed by atoms with Gasteiger partial charge in [-0.25, -0.2) is 4.79 Å². The van der Waals surface area contributed by atoms with Gasteiger partial charge in [-0.2, -0.15) is 0 Å². The van der Waals surface area contributed by atoms with E-state index in [-0.39, 0.29) is 6.03 Å². The summed E-state index contributed by atoms with van der Waals surface area (Å²) in [6.07, 6.45) is 0.922. The van der Waals surface area contributed by atoms with E-state index in [9.17, 15) is 4.79 Å². The van der Waals surface area contributed by atoms with Crippen molar-refractivity contribution in [2.24, 2.45) is 5.73 Å². The molecule has 4 N–H and O–H groups in total. The van der Waals surface area contributed by atoms with Crippen molar-refractivity contribution in [1.29, 1.82) is 0 Å². The van der Waals surface area contributed by atoms with Crippen LogP contribution in [0.15, 0.2) is 18.2 Å². The molecule has 0 spiro atoms. The average Bonchev–Trinajstić information content (AvgIpc) is 2.27. The third-order valence-electron chi connectivity index (χ3n) is 2.40. The lowest BCUT2D eigenvalue weighted by molar-refractivity contribution is 0.252. The maximum Gasteiger partial charge on any atom is 0.319 e. The van der Waals surface area contributed by atoms with Crippen molar-refractivity contribution in [3.8, 4) is 0 Å². The topological polar surface area (TPSA) is 67.2 Å². The minimum absolute atomic E-state index is 0.179. The smallest absolute Gasteiger partial charge is 0.319 e. The number of hydrogen-bond acceptors (Lipinski definition) is 2. The zero-order chi connectivity index (χ0) is 12.0. The SMILES string of the molecule is CCCNC(=O)Nc1cccc(C)c1CN. The lowest BCUT2D eigenvalue weighted by Gasteiger charge is -2.12. The minimum atomic E-state index is -0.179. The van der Waals surface area contributed by atoms with Crippen molar-refractivity contribution < 1.29 is 4.79 Å². The van der Waals surface area contributed by atoms with E-state index in [1.807, 2.05) is 32.0 Å². The second-order valence-electron chi connectivity index (χ2n) is 3.69. The van der Waals surface area contributed by atoms with Crippen LogP contribution in [0.25, 0.3) is 0 Å². The minimum Gasteiger partial charge on any atom is -0.338 e. The van der Waals surface area contributed by atoms with Crippen molar-refractivity contribution in [1.82, 2.24) is 5.32 Å². The molecule has 0 saturated heterocycles. The lowest BCUT2D eigenvalue weighted by Crippen LogP contribution is -2.29. The van der Waals surface area contributed by atoms with Gasteiger partial charge in [0, 0.05) is 18.8 Å². The quantitative estimate of drug-likeness (QED) is 0.727. The van der Waals surface area contributed by atoms with Gasteiger partial charge in [-0.05, 0) is 30.5 Å². The maximum absolute atomic E-state index is 11.5. The molecule has 0 aliphatic rings. The summed E-state index contributed by atoms with van der Waals surface area (Å²) >= 11 is 0. The molecule has 0 aromatic heterocycles. The van der Waals surface area contributed by atoms with Crippen molar-refractivity contribution >= 4 is 11.7 Å². The van der Waals surface area contributed by atoms with E-state index >= 15 is 0 Å². The Kier molecular flexibility index (Phi) is 4.79. The molecule has 0 radical (unpaired) electrons. The first-order valence-corrected chi connectivity index (χ1v) is 5.52. The third-order valence-corrected chi connectivity index (χ3v) is 2.40. The number of urea groups is 1. The fourth-order valence-corrected chi connectivity index (χ4v) is 1.50. The number of nitrogens with one attached hydrogen (secondary N) is 2. The van der Waals surface area contributed by atoms with Crippen LogP contribution in [0.2, 0.25) is 0 Å². The molecule has 0 atom stereocenters. The van der Waals surface area contributed by atoms with Crippen molar-refractivity contribution in [3.05, 3.63) is 29.3 Å². The molecule has 1 aromatic rings. The van der Waals surface area contributed by atoms with E-state index in [0.717, 1.165) is 23.2 Å². The first-order valence-electron chi connectivity index (χ1n) is 5.52. The summed E-state index contributed by atoms with van der Waals surface area (Å²) in [5.74, 6) is 0. The third kappa shape index (κ3) is 3.24. The van der Waals surface area contributed by atoms with E-state index in [0.29, 0.717) is 13.1 Å². The summed E-state index contributed by atoms with van der Waals surface area (Å²) in [4.78, 5) is 11.5. The van der Waals surface area contributed by atoms with Crippen LogP contribution in [0.4, 0.5) is 10.5 Å². The summed E-state index contributed by atoms with van der Waals surface area (Å²) in [7, 11) is 0. The van der Waals surface area contributed by atoms with Crippen LogP contribution in [0.5, 0.6) is 0 Å². The zero-order valence-electron chi connectivity index (χ0n) is 9.84. The first-order chi connectivity index (χ1) is 7.69. The summed E-state index contributed by atoms with van der Waals surface area (Å²) < 4.78 is 0. The molecule has 0 aliphatic heterocycles. The number of aryl methyl sites for hydroxylation is 1. The van der Waals surface area contributed by atoms with Gasteiger partial charge >= 0.3 is 6.03 Å². The summed E-state index contributed by atoms with van der Waals surface area (Å²) in [5, 5.41) is 5.57. The first kappa shape index (κ1) is 12.5. The maximum atomic E-state index is 11.5. The molecule has 1 aromatic carbocycles. The standard InChI is InChI=1S/C12H19N3O/c1-3-7-14-12(16)15-11-6-4-5-9(2)10(11)8-13/h4-6H,3,7-8,13H2,1-2H3,(H2,14,15,16). The van der Waals surface area contributed by atoms with E-state index in [1.165, 1.54) is 0 Å². The molecule has 88 valence electrons. The van der Waals surface area contributed by atoms with Crippen LogP contribution < -0.4 is 16.4 Å². The van der Waals surface area contributed by atoms with Gasteiger partial charge < -0.3 is 16.4 Å². The fourth-order valence-electron chi connectivity index (χ4n) is 1.50. The predicted octanol–water partition coefficient (Wildman–Crippen LogP) is 1.99. The Morgan fingerprint density at radius 3 is 2.81 bits per heavy atom. The molecule has 0 aliphatic carbocycles. The highest BCUT2D eigenvalue weighted by Crippen LogP contribution is 2.18. The van der Waals surface area contributed by atoms with Crippen LogP contribution in [-0.2, 0) is 6.54 Å². The normalized spacial score (nSPS) is 9.94. The van der Waals surface area contributed by atoms with Gasteiger partial charge in [-0.15, -0.1) is 0 Å². The lowest BCUT2D eigenvalue weighted by atomic mass is 10.1. The molecule has 0 unspecified atom stereocenters. The molecule has 1 rings (SSSR count). The number of rotatable bonds is 4.